The number of fused-ring (bicyclic) bond motifs is 1. The molecule has 5 heteroatoms. The quantitative estimate of drug-likeness (QED) is 0.908. The van der Waals surface area contributed by atoms with Crippen LogP contribution in [-0.2, 0) is 9.47 Å². The second-order valence-corrected chi connectivity index (χ2v) is 6.68. The first-order valence-corrected chi connectivity index (χ1v) is 8.04. The third kappa shape index (κ3) is 2.57. The van der Waals surface area contributed by atoms with Crippen LogP contribution in [0.4, 0.5) is 0 Å². The standard InChI is InChI=1S/C17H25NO4/c1-9(2)14-7-12(10(3)22-14)17(19)18-15-11-5-6-21-16(11)13(15)8-20-4/h7,9,11,13,15-16H,5-6,8H2,1-4H3,(H,18,19)/t11-,13+,15+,16-/m0/s1. The molecule has 4 atom stereocenters. The van der Waals surface area contributed by atoms with Gasteiger partial charge in [-0.1, -0.05) is 13.8 Å². The van der Waals surface area contributed by atoms with E-state index in [0.29, 0.717) is 23.8 Å². The lowest BCUT2D eigenvalue weighted by atomic mass is 9.67. The summed E-state index contributed by atoms with van der Waals surface area (Å²) in [7, 11) is 1.69. The fourth-order valence-electron chi connectivity index (χ4n) is 3.68. The molecule has 122 valence electrons. The Kier molecular flexibility index (Phi) is 4.28. The van der Waals surface area contributed by atoms with Gasteiger partial charge < -0.3 is 19.2 Å². The Morgan fingerprint density at radius 1 is 1.50 bits per heavy atom. The fraction of sp³-hybridized carbons (Fsp3) is 0.706. The predicted octanol–water partition coefficient (Wildman–Crippen LogP) is 2.49. The number of amides is 1. The lowest BCUT2D eigenvalue weighted by molar-refractivity contribution is -0.0809. The van der Waals surface area contributed by atoms with Crippen LogP contribution in [0.15, 0.2) is 10.5 Å². The molecule has 0 unspecified atom stereocenters. The number of hydrogen-bond donors (Lipinski definition) is 1. The number of rotatable bonds is 5. The number of ether oxygens (including phenoxy) is 2. The normalized spacial score (nSPS) is 30.2. The van der Waals surface area contributed by atoms with E-state index in [2.05, 4.69) is 19.2 Å². The largest absolute Gasteiger partial charge is 0.465 e. The molecule has 22 heavy (non-hydrogen) atoms. The summed E-state index contributed by atoms with van der Waals surface area (Å²) < 4.78 is 16.7. The van der Waals surface area contributed by atoms with Gasteiger partial charge in [0.2, 0.25) is 0 Å². The highest BCUT2D eigenvalue weighted by Crippen LogP contribution is 2.43. The Morgan fingerprint density at radius 3 is 2.91 bits per heavy atom. The van der Waals surface area contributed by atoms with Crippen molar-refractivity contribution in [1.29, 1.82) is 0 Å². The molecule has 0 radical (unpaired) electrons. The van der Waals surface area contributed by atoms with Crippen molar-refractivity contribution in [3.63, 3.8) is 0 Å². The van der Waals surface area contributed by atoms with Crippen LogP contribution < -0.4 is 5.32 Å². The van der Waals surface area contributed by atoms with Crippen LogP contribution in [0.3, 0.4) is 0 Å². The van der Waals surface area contributed by atoms with E-state index in [4.69, 9.17) is 13.9 Å². The van der Waals surface area contributed by atoms with Gasteiger partial charge in [-0.2, -0.15) is 0 Å². The molecule has 1 aliphatic carbocycles. The predicted molar refractivity (Wildman–Crippen MR) is 82.0 cm³/mol. The van der Waals surface area contributed by atoms with Crippen LogP contribution in [0.5, 0.6) is 0 Å². The SMILES string of the molecule is COC[C@@H]1[C@H](NC(=O)c2cc(C(C)C)oc2C)[C@@H]2CCO[C@H]12. The molecule has 2 aliphatic rings. The second kappa shape index (κ2) is 6.05. The van der Waals surface area contributed by atoms with Crippen LogP contribution in [0.1, 0.15) is 48.1 Å². The van der Waals surface area contributed by atoms with Gasteiger partial charge in [0.05, 0.1) is 18.3 Å². The van der Waals surface area contributed by atoms with Crippen molar-refractivity contribution in [3.05, 3.63) is 23.2 Å². The van der Waals surface area contributed by atoms with Crippen LogP contribution in [-0.4, -0.2) is 38.4 Å². The zero-order valence-electron chi connectivity index (χ0n) is 13.7. The Hall–Kier alpha value is -1.33. The molecule has 5 nitrogen and oxygen atoms in total. The first-order chi connectivity index (χ1) is 10.5. The molecule has 1 aliphatic heterocycles. The smallest absolute Gasteiger partial charge is 0.255 e. The fourth-order valence-corrected chi connectivity index (χ4v) is 3.68. The lowest BCUT2D eigenvalue weighted by Gasteiger charge is -2.47. The molecule has 0 spiro atoms. The first-order valence-electron chi connectivity index (χ1n) is 8.04. The van der Waals surface area contributed by atoms with Crippen LogP contribution >= 0.6 is 0 Å². The molecule has 1 amide bonds. The molecule has 2 heterocycles. The maximum absolute atomic E-state index is 12.6. The summed E-state index contributed by atoms with van der Waals surface area (Å²) in [5, 5.41) is 3.17. The van der Waals surface area contributed by atoms with E-state index in [1.54, 1.807) is 7.11 Å². The average molecular weight is 307 g/mol. The molecule has 0 aromatic carbocycles. The van der Waals surface area contributed by atoms with Crippen molar-refractivity contribution in [3.8, 4) is 0 Å². The molecule has 2 fully saturated rings. The second-order valence-electron chi connectivity index (χ2n) is 6.68. The van der Waals surface area contributed by atoms with Gasteiger partial charge in [-0.3, -0.25) is 4.79 Å². The number of furan rings is 1. The van der Waals surface area contributed by atoms with Gasteiger partial charge in [0, 0.05) is 37.5 Å². The maximum atomic E-state index is 12.6. The Bertz CT molecular complexity index is 551. The number of carbonyl (C=O) groups is 1. The number of hydrogen-bond acceptors (Lipinski definition) is 4. The van der Waals surface area contributed by atoms with E-state index >= 15 is 0 Å². The van der Waals surface area contributed by atoms with Crippen molar-refractivity contribution >= 4 is 5.91 Å². The van der Waals surface area contributed by atoms with E-state index in [9.17, 15) is 4.79 Å². The summed E-state index contributed by atoms with van der Waals surface area (Å²) in [6.45, 7) is 7.36. The maximum Gasteiger partial charge on any atom is 0.255 e. The van der Waals surface area contributed by atoms with E-state index in [1.807, 2.05) is 13.0 Å². The summed E-state index contributed by atoms with van der Waals surface area (Å²) in [5.41, 5.74) is 0.641. The summed E-state index contributed by atoms with van der Waals surface area (Å²) in [6.07, 6.45) is 1.25. The van der Waals surface area contributed by atoms with Gasteiger partial charge in [-0.15, -0.1) is 0 Å². The minimum absolute atomic E-state index is 0.0513. The van der Waals surface area contributed by atoms with E-state index < -0.39 is 0 Å². The van der Waals surface area contributed by atoms with E-state index in [0.717, 1.165) is 18.8 Å². The average Bonchev–Trinajstić information content (AvgIpc) is 3.06. The topological polar surface area (TPSA) is 60.7 Å². The van der Waals surface area contributed by atoms with Gasteiger partial charge in [-0.25, -0.2) is 0 Å². The zero-order chi connectivity index (χ0) is 15.9. The summed E-state index contributed by atoms with van der Waals surface area (Å²) in [6, 6.07) is 2.00. The molecule has 1 saturated heterocycles. The zero-order valence-corrected chi connectivity index (χ0v) is 13.7. The molecule has 1 saturated carbocycles. The Labute approximate surface area is 131 Å². The van der Waals surface area contributed by atoms with Crippen molar-refractivity contribution in [2.24, 2.45) is 11.8 Å². The van der Waals surface area contributed by atoms with E-state index in [-0.39, 0.29) is 29.9 Å². The first kappa shape index (κ1) is 15.6. The van der Waals surface area contributed by atoms with Crippen LogP contribution in [0.2, 0.25) is 0 Å². The monoisotopic (exact) mass is 307 g/mol. The van der Waals surface area contributed by atoms with Crippen LogP contribution in [0, 0.1) is 18.8 Å². The van der Waals surface area contributed by atoms with Crippen molar-refractivity contribution in [2.45, 2.75) is 45.3 Å². The minimum atomic E-state index is -0.0513. The number of aryl methyl sites for hydroxylation is 1. The third-order valence-electron chi connectivity index (χ3n) is 4.94. The highest BCUT2D eigenvalue weighted by Gasteiger charge is 2.54. The third-order valence-corrected chi connectivity index (χ3v) is 4.94. The highest BCUT2D eigenvalue weighted by atomic mass is 16.5. The van der Waals surface area contributed by atoms with E-state index in [1.165, 1.54) is 0 Å². The molecule has 1 aromatic heterocycles. The van der Waals surface area contributed by atoms with Crippen molar-refractivity contribution < 1.29 is 18.7 Å². The number of nitrogens with one attached hydrogen (secondary N) is 1. The molecule has 1 aromatic rings. The molecular weight excluding hydrogens is 282 g/mol. The Balaban J connectivity index is 1.71. The van der Waals surface area contributed by atoms with Crippen molar-refractivity contribution in [1.82, 2.24) is 5.32 Å². The molecule has 3 rings (SSSR count). The summed E-state index contributed by atoms with van der Waals surface area (Å²) in [5.74, 6) is 2.43. The minimum Gasteiger partial charge on any atom is -0.465 e. The Morgan fingerprint density at radius 2 is 2.27 bits per heavy atom. The molecule has 0 bridgehead atoms. The van der Waals surface area contributed by atoms with Gasteiger partial charge in [-0.05, 0) is 19.4 Å². The lowest BCUT2D eigenvalue weighted by Crippen LogP contribution is -2.62. The van der Waals surface area contributed by atoms with Gasteiger partial charge >= 0.3 is 0 Å². The number of methoxy groups -OCH3 is 1. The summed E-state index contributed by atoms with van der Waals surface area (Å²) >= 11 is 0. The number of carbonyl (C=O) groups excluding carboxylic acids is 1. The van der Waals surface area contributed by atoms with Gasteiger partial charge in [0.1, 0.15) is 11.5 Å². The molecular formula is C17H25NO4. The van der Waals surface area contributed by atoms with Gasteiger partial charge in [0.25, 0.3) is 5.91 Å². The highest BCUT2D eigenvalue weighted by molar-refractivity contribution is 5.95. The summed E-state index contributed by atoms with van der Waals surface area (Å²) in [4.78, 5) is 12.6. The van der Waals surface area contributed by atoms with Crippen molar-refractivity contribution in [2.75, 3.05) is 20.3 Å². The van der Waals surface area contributed by atoms with Gasteiger partial charge in [0.15, 0.2) is 0 Å². The molecule has 1 N–H and O–H groups in total. The van der Waals surface area contributed by atoms with Crippen LogP contribution in [0.25, 0.3) is 0 Å².